The summed E-state index contributed by atoms with van der Waals surface area (Å²) in [6.45, 7) is 0.346. The minimum absolute atomic E-state index is 0.0218. The molecule has 0 bridgehead atoms. The van der Waals surface area contributed by atoms with Gasteiger partial charge in [0.25, 0.3) is 0 Å². The summed E-state index contributed by atoms with van der Waals surface area (Å²) < 4.78 is 5.25. The van der Waals surface area contributed by atoms with E-state index in [1.165, 1.54) is 0 Å². The molecule has 0 aliphatic carbocycles. The number of carbonyl (C=O) groups is 3. The third-order valence-corrected chi connectivity index (χ3v) is 4.00. The van der Waals surface area contributed by atoms with Gasteiger partial charge in [-0.25, -0.2) is 9.59 Å². The van der Waals surface area contributed by atoms with Crippen molar-refractivity contribution in [2.45, 2.75) is 13.2 Å². The second kappa shape index (κ2) is 7.36. The van der Waals surface area contributed by atoms with Crippen LogP contribution in [0.4, 0.5) is 4.79 Å². The summed E-state index contributed by atoms with van der Waals surface area (Å²) in [6.07, 6.45) is 0. The molecule has 2 aromatic carbocycles. The number of carbonyl (C=O) groups excluding carboxylic acids is 3. The molecule has 7 heteroatoms. The normalized spacial score (nSPS) is 13.7. The van der Waals surface area contributed by atoms with Gasteiger partial charge in [0.2, 0.25) is 5.91 Å². The van der Waals surface area contributed by atoms with E-state index in [1.54, 1.807) is 48.5 Å². The lowest BCUT2D eigenvalue weighted by Gasteiger charge is -2.12. The summed E-state index contributed by atoms with van der Waals surface area (Å²) in [5.74, 6) is -0.715. The molecule has 0 spiro atoms. The first-order chi connectivity index (χ1) is 12.0. The van der Waals surface area contributed by atoms with Crippen LogP contribution in [-0.2, 0) is 22.7 Å². The lowest BCUT2D eigenvalue weighted by Crippen LogP contribution is -2.30. The number of urea groups is 1. The molecule has 3 rings (SSSR count). The average Bonchev–Trinajstić information content (AvgIpc) is 2.93. The molecule has 128 valence electrons. The van der Waals surface area contributed by atoms with E-state index in [9.17, 15) is 14.4 Å². The summed E-state index contributed by atoms with van der Waals surface area (Å²) in [6, 6.07) is 13.2. The molecule has 0 aromatic heterocycles. The van der Waals surface area contributed by atoms with Crippen molar-refractivity contribution in [3.63, 3.8) is 0 Å². The fourth-order valence-electron chi connectivity index (χ4n) is 2.36. The first-order valence-electron chi connectivity index (χ1n) is 7.61. The summed E-state index contributed by atoms with van der Waals surface area (Å²) in [4.78, 5) is 36.3. The number of benzene rings is 2. The SMILES string of the molecule is O=C(OCc1ccc(Cl)cc1)c1ccc(CN2C(=O)CNC2=O)cc1. The van der Waals surface area contributed by atoms with Gasteiger partial charge in [0.1, 0.15) is 6.61 Å². The van der Waals surface area contributed by atoms with Crippen LogP contribution in [0.5, 0.6) is 0 Å². The van der Waals surface area contributed by atoms with Crippen LogP contribution in [0.1, 0.15) is 21.5 Å². The highest BCUT2D eigenvalue weighted by atomic mass is 35.5. The van der Waals surface area contributed by atoms with Crippen LogP contribution in [0.15, 0.2) is 48.5 Å². The zero-order valence-corrected chi connectivity index (χ0v) is 14.0. The third kappa shape index (κ3) is 4.16. The van der Waals surface area contributed by atoms with Crippen molar-refractivity contribution >= 4 is 29.5 Å². The van der Waals surface area contributed by atoms with Crippen LogP contribution in [0.25, 0.3) is 0 Å². The Morgan fingerprint density at radius 1 is 1.04 bits per heavy atom. The van der Waals surface area contributed by atoms with Crippen molar-refractivity contribution in [2.75, 3.05) is 6.54 Å². The third-order valence-electron chi connectivity index (χ3n) is 3.75. The van der Waals surface area contributed by atoms with Gasteiger partial charge in [-0.05, 0) is 35.4 Å². The van der Waals surface area contributed by atoms with Crippen LogP contribution in [0.3, 0.4) is 0 Å². The number of hydrogen-bond donors (Lipinski definition) is 1. The number of nitrogens with zero attached hydrogens (tertiary/aromatic N) is 1. The van der Waals surface area contributed by atoms with E-state index in [0.29, 0.717) is 10.6 Å². The van der Waals surface area contributed by atoms with Crippen molar-refractivity contribution in [3.05, 3.63) is 70.2 Å². The Morgan fingerprint density at radius 2 is 1.68 bits per heavy atom. The number of ether oxygens (including phenoxy) is 1. The number of rotatable bonds is 5. The molecule has 1 fully saturated rings. The number of amides is 3. The van der Waals surface area contributed by atoms with Gasteiger partial charge in [-0.1, -0.05) is 35.9 Å². The van der Waals surface area contributed by atoms with Crippen LogP contribution in [0, 0.1) is 0 Å². The van der Waals surface area contributed by atoms with Gasteiger partial charge >= 0.3 is 12.0 Å². The maximum Gasteiger partial charge on any atom is 0.338 e. The predicted octanol–water partition coefficient (Wildman–Crippen LogP) is 2.75. The molecule has 0 radical (unpaired) electrons. The molecule has 2 aromatic rings. The number of imide groups is 1. The minimum atomic E-state index is -0.448. The van der Waals surface area contributed by atoms with Gasteiger partial charge in [-0.15, -0.1) is 0 Å². The van der Waals surface area contributed by atoms with E-state index in [-0.39, 0.29) is 25.6 Å². The molecule has 6 nitrogen and oxygen atoms in total. The Kier molecular flexibility index (Phi) is 5.00. The Bertz CT molecular complexity index is 787. The number of hydrogen-bond acceptors (Lipinski definition) is 4. The first kappa shape index (κ1) is 17.0. The van der Waals surface area contributed by atoms with E-state index in [1.807, 2.05) is 0 Å². The van der Waals surface area contributed by atoms with E-state index in [0.717, 1.165) is 16.0 Å². The Labute approximate surface area is 149 Å². The van der Waals surface area contributed by atoms with Gasteiger partial charge < -0.3 is 10.1 Å². The Balaban J connectivity index is 1.57. The highest BCUT2D eigenvalue weighted by Crippen LogP contribution is 2.13. The molecule has 0 atom stereocenters. The highest BCUT2D eigenvalue weighted by molar-refractivity contribution is 6.30. The Hall–Kier alpha value is -2.86. The topological polar surface area (TPSA) is 75.7 Å². The molecule has 1 heterocycles. The molecule has 25 heavy (non-hydrogen) atoms. The quantitative estimate of drug-likeness (QED) is 0.658. The van der Waals surface area contributed by atoms with Crippen LogP contribution >= 0.6 is 11.6 Å². The molecule has 3 amide bonds. The summed E-state index contributed by atoms with van der Waals surface area (Å²) in [7, 11) is 0. The van der Waals surface area contributed by atoms with Crippen molar-refractivity contribution in [3.8, 4) is 0 Å². The molecule has 0 unspecified atom stereocenters. The fourth-order valence-corrected chi connectivity index (χ4v) is 2.48. The van der Waals surface area contributed by atoms with Crippen molar-refractivity contribution < 1.29 is 19.1 Å². The zero-order chi connectivity index (χ0) is 17.8. The van der Waals surface area contributed by atoms with Gasteiger partial charge in [0, 0.05) is 5.02 Å². The summed E-state index contributed by atoms with van der Waals surface area (Å²) in [5.41, 5.74) is 1.99. The number of halogens is 1. The van der Waals surface area contributed by atoms with E-state index < -0.39 is 12.0 Å². The van der Waals surface area contributed by atoms with E-state index in [2.05, 4.69) is 5.32 Å². The fraction of sp³-hybridized carbons (Fsp3) is 0.167. The molecule has 1 aliphatic rings. The standard InChI is InChI=1S/C18H15ClN2O4/c19-15-7-3-13(4-8-15)11-25-17(23)14-5-1-12(2-6-14)10-21-16(22)9-20-18(21)24/h1-8H,9-11H2,(H,20,24). The number of nitrogens with one attached hydrogen (secondary N) is 1. The lowest BCUT2D eigenvalue weighted by molar-refractivity contribution is -0.125. The predicted molar refractivity (Wildman–Crippen MR) is 91.0 cm³/mol. The van der Waals surface area contributed by atoms with Crippen molar-refractivity contribution in [1.29, 1.82) is 0 Å². The zero-order valence-electron chi connectivity index (χ0n) is 13.2. The lowest BCUT2D eigenvalue weighted by atomic mass is 10.1. The van der Waals surface area contributed by atoms with Crippen molar-refractivity contribution in [1.82, 2.24) is 10.2 Å². The van der Waals surface area contributed by atoms with Gasteiger partial charge in [0.05, 0.1) is 18.7 Å². The molecular formula is C18H15ClN2O4. The van der Waals surface area contributed by atoms with Crippen LogP contribution < -0.4 is 5.32 Å². The minimum Gasteiger partial charge on any atom is -0.457 e. The summed E-state index contributed by atoms with van der Waals surface area (Å²) >= 11 is 5.81. The maximum absolute atomic E-state index is 12.1. The number of esters is 1. The van der Waals surface area contributed by atoms with Crippen LogP contribution in [-0.4, -0.2) is 29.4 Å². The summed E-state index contributed by atoms with van der Waals surface area (Å²) in [5, 5.41) is 3.08. The average molecular weight is 359 g/mol. The van der Waals surface area contributed by atoms with E-state index >= 15 is 0 Å². The maximum atomic E-state index is 12.1. The molecule has 0 saturated carbocycles. The Morgan fingerprint density at radius 3 is 2.28 bits per heavy atom. The smallest absolute Gasteiger partial charge is 0.338 e. The largest absolute Gasteiger partial charge is 0.457 e. The van der Waals surface area contributed by atoms with Gasteiger partial charge in [-0.3, -0.25) is 9.69 Å². The second-order valence-corrected chi connectivity index (χ2v) is 5.97. The highest BCUT2D eigenvalue weighted by Gasteiger charge is 2.28. The van der Waals surface area contributed by atoms with Gasteiger partial charge in [0.15, 0.2) is 0 Å². The molecule has 1 saturated heterocycles. The van der Waals surface area contributed by atoms with Crippen LogP contribution in [0.2, 0.25) is 5.02 Å². The molecular weight excluding hydrogens is 344 g/mol. The molecule has 1 aliphatic heterocycles. The second-order valence-electron chi connectivity index (χ2n) is 5.54. The van der Waals surface area contributed by atoms with E-state index in [4.69, 9.17) is 16.3 Å². The molecule has 1 N–H and O–H groups in total. The first-order valence-corrected chi connectivity index (χ1v) is 7.99. The monoisotopic (exact) mass is 358 g/mol. The van der Waals surface area contributed by atoms with Gasteiger partial charge in [-0.2, -0.15) is 0 Å². The van der Waals surface area contributed by atoms with Crippen molar-refractivity contribution in [2.24, 2.45) is 0 Å².